The monoisotopic (exact) mass is 369 g/mol. The van der Waals surface area contributed by atoms with Gasteiger partial charge >= 0.3 is 0 Å². The predicted molar refractivity (Wildman–Crippen MR) is 81.0 cm³/mol. The highest BCUT2D eigenvalue weighted by Crippen LogP contribution is 2.09. The lowest BCUT2D eigenvalue weighted by Crippen LogP contribution is -2.29. The molecule has 0 bridgehead atoms. The molecule has 0 saturated heterocycles. The van der Waals surface area contributed by atoms with Gasteiger partial charge in [0, 0.05) is 15.3 Å². The van der Waals surface area contributed by atoms with E-state index in [9.17, 15) is 9.59 Å². The number of nitrogens with zero attached hydrogens (tertiary/aromatic N) is 2. The van der Waals surface area contributed by atoms with Gasteiger partial charge in [0.15, 0.2) is 0 Å². The highest BCUT2D eigenvalue weighted by atomic mass is 127. The van der Waals surface area contributed by atoms with Gasteiger partial charge in [-0.15, -0.1) is 0 Å². The Morgan fingerprint density at radius 2 is 2.21 bits per heavy atom. The summed E-state index contributed by atoms with van der Waals surface area (Å²) < 4.78 is 1.88. The van der Waals surface area contributed by atoms with E-state index in [4.69, 9.17) is 0 Å². The Morgan fingerprint density at radius 3 is 2.89 bits per heavy atom. The molecule has 0 unspecified atom stereocenters. The molecule has 0 aliphatic carbocycles. The standard InChI is InChI=1S/C13H12IN3O2/c1-9-3-2-4-11(5-9)16-12(18)8-17-13(19)6-10(14)7-15-17/h2-7H,8H2,1H3,(H,16,18). The maximum Gasteiger partial charge on any atom is 0.268 e. The van der Waals surface area contributed by atoms with E-state index in [1.165, 1.54) is 6.07 Å². The van der Waals surface area contributed by atoms with Crippen molar-refractivity contribution in [2.75, 3.05) is 5.32 Å². The molecule has 2 aromatic rings. The van der Waals surface area contributed by atoms with Gasteiger partial charge in [-0.1, -0.05) is 12.1 Å². The Bertz CT molecular complexity index is 667. The minimum Gasteiger partial charge on any atom is -0.324 e. The first-order valence-electron chi connectivity index (χ1n) is 5.64. The van der Waals surface area contributed by atoms with E-state index in [0.29, 0.717) is 5.69 Å². The van der Waals surface area contributed by atoms with Gasteiger partial charge in [-0.25, -0.2) is 4.68 Å². The molecule has 1 N–H and O–H groups in total. The van der Waals surface area contributed by atoms with Crippen LogP contribution in [0.25, 0.3) is 0 Å². The van der Waals surface area contributed by atoms with E-state index < -0.39 is 0 Å². The van der Waals surface area contributed by atoms with Crippen molar-refractivity contribution in [3.05, 3.63) is 56.0 Å². The fourth-order valence-electron chi connectivity index (χ4n) is 1.59. The van der Waals surface area contributed by atoms with Crippen LogP contribution in [-0.4, -0.2) is 15.7 Å². The number of carbonyl (C=O) groups excluding carboxylic acids is 1. The summed E-state index contributed by atoms with van der Waals surface area (Å²) >= 11 is 2.00. The lowest BCUT2D eigenvalue weighted by molar-refractivity contribution is -0.117. The molecule has 2 rings (SSSR count). The van der Waals surface area contributed by atoms with Crippen LogP contribution in [0.1, 0.15) is 5.56 Å². The number of halogens is 1. The second-order valence-corrected chi connectivity index (χ2v) is 5.33. The maximum atomic E-state index is 11.8. The molecule has 0 radical (unpaired) electrons. The van der Waals surface area contributed by atoms with Crippen molar-refractivity contribution in [2.24, 2.45) is 0 Å². The SMILES string of the molecule is Cc1cccc(NC(=O)Cn2ncc(I)cc2=O)c1. The molecule has 0 atom stereocenters. The van der Waals surface area contributed by atoms with E-state index >= 15 is 0 Å². The van der Waals surface area contributed by atoms with Crippen LogP contribution >= 0.6 is 22.6 Å². The summed E-state index contributed by atoms with van der Waals surface area (Å²) in [6.07, 6.45) is 1.54. The summed E-state index contributed by atoms with van der Waals surface area (Å²) in [6, 6.07) is 8.91. The number of carbonyl (C=O) groups is 1. The molecular weight excluding hydrogens is 357 g/mol. The lowest BCUT2D eigenvalue weighted by atomic mass is 10.2. The van der Waals surface area contributed by atoms with Crippen molar-refractivity contribution < 1.29 is 4.79 Å². The summed E-state index contributed by atoms with van der Waals surface area (Å²) in [4.78, 5) is 23.4. The summed E-state index contributed by atoms with van der Waals surface area (Å²) in [5.41, 5.74) is 1.48. The van der Waals surface area contributed by atoms with E-state index in [1.54, 1.807) is 12.3 Å². The van der Waals surface area contributed by atoms with Gasteiger partial charge in [0.05, 0.1) is 6.20 Å². The first-order valence-corrected chi connectivity index (χ1v) is 6.71. The van der Waals surface area contributed by atoms with Crippen LogP contribution in [-0.2, 0) is 11.3 Å². The zero-order valence-electron chi connectivity index (χ0n) is 10.3. The van der Waals surface area contributed by atoms with Crippen molar-refractivity contribution in [2.45, 2.75) is 13.5 Å². The highest BCUT2D eigenvalue weighted by molar-refractivity contribution is 14.1. The Morgan fingerprint density at radius 1 is 1.42 bits per heavy atom. The molecule has 0 fully saturated rings. The molecule has 1 aromatic carbocycles. The van der Waals surface area contributed by atoms with E-state index in [0.717, 1.165) is 13.8 Å². The third-order valence-corrected chi connectivity index (χ3v) is 3.02. The van der Waals surface area contributed by atoms with E-state index in [-0.39, 0.29) is 18.0 Å². The third-order valence-electron chi connectivity index (χ3n) is 2.43. The molecule has 6 heteroatoms. The number of aromatic nitrogens is 2. The summed E-state index contributed by atoms with van der Waals surface area (Å²) in [5.74, 6) is -0.276. The van der Waals surface area contributed by atoms with Crippen molar-refractivity contribution in [3.8, 4) is 0 Å². The van der Waals surface area contributed by atoms with Gasteiger partial charge < -0.3 is 5.32 Å². The quantitative estimate of drug-likeness (QED) is 0.840. The average molecular weight is 369 g/mol. The van der Waals surface area contributed by atoms with E-state index in [1.807, 2.05) is 47.7 Å². The number of rotatable bonds is 3. The molecule has 0 aliphatic rings. The van der Waals surface area contributed by atoms with Crippen LogP contribution in [0.4, 0.5) is 5.69 Å². The van der Waals surface area contributed by atoms with Crippen LogP contribution in [0.2, 0.25) is 0 Å². The molecule has 98 valence electrons. The first-order chi connectivity index (χ1) is 9.04. The smallest absolute Gasteiger partial charge is 0.268 e. The number of benzene rings is 1. The summed E-state index contributed by atoms with van der Waals surface area (Å²) in [7, 11) is 0. The van der Waals surface area contributed by atoms with Crippen LogP contribution < -0.4 is 10.9 Å². The molecule has 1 heterocycles. The lowest BCUT2D eigenvalue weighted by Gasteiger charge is -2.07. The van der Waals surface area contributed by atoms with Gasteiger partial charge in [0.2, 0.25) is 5.91 Å². The number of hydrogen-bond donors (Lipinski definition) is 1. The topological polar surface area (TPSA) is 64.0 Å². The van der Waals surface area contributed by atoms with Gasteiger partial charge in [0.25, 0.3) is 5.56 Å². The summed E-state index contributed by atoms with van der Waals surface area (Å²) in [5, 5.41) is 6.65. The number of aryl methyl sites for hydroxylation is 1. The van der Waals surface area contributed by atoms with Crippen molar-refractivity contribution >= 4 is 34.2 Å². The van der Waals surface area contributed by atoms with Gasteiger partial charge in [-0.2, -0.15) is 5.10 Å². The maximum absolute atomic E-state index is 11.8. The normalized spacial score (nSPS) is 10.2. The van der Waals surface area contributed by atoms with Crippen LogP contribution in [0.5, 0.6) is 0 Å². The molecule has 5 nitrogen and oxygen atoms in total. The average Bonchev–Trinajstić information content (AvgIpc) is 2.33. The zero-order chi connectivity index (χ0) is 13.8. The number of nitrogens with one attached hydrogen (secondary N) is 1. The molecule has 19 heavy (non-hydrogen) atoms. The number of hydrogen-bond acceptors (Lipinski definition) is 3. The van der Waals surface area contributed by atoms with Crippen molar-refractivity contribution in [1.82, 2.24) is 9.78 Å². The molecule has 0 saturated carbocycles. The second kappa shape index (κ2) is 5.96. The Kier molecular flexibility index (Phi) is 4.31. The fourth-order valence-corrected chi connectivity index (χ4v) is 1.98. The van der Waals surface area contributed by atoms with Gasteiger partial charge in [0.1, 0.15) is 6.54 Å². The Labute approximate surface area is 123 Å². The second-order valence-electron chi connectivity index (χ2n) is 4.09. The fraction of sp³-hybridized carbons (Fsp3) is 0.154. The highest BCUT2D eigenvalue weighted by Gasteiger charge is 2.06. The largest absolute Gasteiger partial charge is 0.324 e. The van der Waals surface area contributed by atoms with Crippen molar-refractivity contribution in [3.63, 3.8) is 0 Å². The number of anilines is 1. The Hall–Kier alpha value is -1.70. The Balaban J connectivity index is 2.07. The molecule has 0 aliphatic heterocycles. The summed E-state index contributed by atoms with van der Waals surface area (Å²) in [6.45, 7) is 1.85. The predicted octanol–water partition coefficient (Wildman–Crippen LogP) is 1.80. The molecular formula is C13H12IN3O2. The van der Waals surface area contributed by atoms with Crippen LogP contribution in [0.15, 0.2) is 41.3 Å². The first kappa shape index (κ1) is 13.7. The van der Waals surface area contributed by atoms with Gasteiger partial charge in [-0.3, -0.25) is 9.59 Å². The number of amides is 1. The van der Waals surface area contributed by atoms with E-state index in [2.05, 4.69) is 10.4 Å². The van der Waals surface area contributed by atoms with Crippen LogP contribution in [0, 0.1) is 10.5 Å². The van der Waals surface area contributed by atoms with Crippen LogP contribution in [0.3, 0.4) is 0 Å². The minimum atomic E-state index is -0.286. The molecule has 1 aromatic heterocycles. The molecule has 0 spiro atoms. The zero-order valence-corrected chi connectivity index (χ0v) is 12.4. The molecule has 1 amide bonds. The minimum absolute atomic E-state index is 0.0936. The third kappa shape index (κ3) is 3.88. The van der Waals surface area contributed by atoms with Gasteiger partial charge in [-0.05, 0) is 47.2 Å². The van der Waals surface area contributed by atoms with Crippen molar-refractivity contribution in [1.29, 1.82) is 0 Å².